The van der Waals surface area contributed by atoms with Gasteiger partial charge in [-0.2, -0.15) is 0 Å². The Bertz CT molecular complexity index is 380. The first-order valence-corrected chi connectivity index (χ1v) is 7.23. The number of Topliss-reactive ketones (excluding diaryl/α,β-unsaturated/α-hetero) is 1. The maximum atomic E-state index is 11.6. The van der Waals surface area contributed by atoms with Crippen molar-refractivity contribution in [2.24, 2.45) is 5.92 Å². The molecule has 1 heterocycles. The van der Waals surface area contributed by atoms with Crippen LogP contribution in [0.3, 0.4) is 0 Å². The van der Waals surface area contributed by atoms with Crippen molar-refractivity contribution >= 4 is 21.6 Å². The van der Waals surface area contributed by atoms with Gasteiger partial charge in [-0.05, 0) is 13.3 Å². The van der Waals surface area contributed by atoms with E-state index >= 15 is 0 Å². The van der Waals surface area contributed by atoms with Crippen LogP contribution in [0.5, 0.6) is 0 Å². The lowest BCUT2D eigenvalue weighted by Gasteiger charge is -2.07. The van der Waals surface area contributed by atoms with Gasteiger partial charge in [-0.1, -0.05) is 0 Å². The van der Waals surface area contributed by atoms with E-state index in [9.17, 15) is 18.0 Å². The Morgan fingerprint density at radius 2 is 2.06 bits per heavy atom. The fourth-order valence-electron chi connectivity index (χ4n) is 1.56. The first-order chi connectivity index (χ1) is 7.94. The van der Waals surface area contributed by atoms with Crippen LogP contribution in [0, 0.1) is 5.92 Å². The molecule has 0 bridgehead atoms. The Labute approximate surface area is 100 Å². The highest BCUT2D eigenvalue weighted by Gasteiger charge is 2.29. The summed E-state index contributed by atoms with van der Waals surface area (Å²) >= 11 is 0. The van der Waals surface area contributed by atoms with Gasteiger partial charge < -0.3 is 9.47 Å². The highest BCUT2D eigenvalue weighted by Crippen LogP contribution is 2.14. The van der Waals surface area contributed by atoms with Crippen molar-refractivity contribution in [1.82, 2.24) is 0 Å². The summed E-state index contributed by atoms with van der Waals surface area (Å²) in [5.74, 6) is -2.90. The Hall–Kier alpha value is -0.950. The number of carbonyl (C=O) groups is 2. The SMILES string of the molecule is CCOC(=O)CS(=O)(=O)CC(=O)C1CCOC1. The lowest BCUT2D eigenvalue weighted by Crippen LogP contribution is -2.28. The van der Waals surface area contributed by atoms with E-state index in [4.69, 9.17) is 4.74 Å². The van der Waals surface area contributed by atoms with Gasteiger partial charge in [0.15, 0.2) is 15.6 Å². The third-order valence-corrected chi connectivity index (χ3v) is 3.79. The number of rotatable bonds is 6. The molecule has 1 saturated heterocycles. The van der Waals surface area contributed by atoms with Crippen LogP contribution < -0.4 is 0 Å². The van der Waals surface area contributed by atoms with Gasteiger partial charge in [-0.15, -0.1) is 0 Å². The second kappa shape index (κ2) is 6.11. The molecule has 0 aliphatic carbocycles. The molecule has 1 aliphatic heterocycles. The zero-order valence-electron chi connectivity index (χ0n) is 9.68. The third-order valence-electron chi connectivity index (χ3n) is 2.39. The fraction of sp³-hybridized carbons (Fsp3) is 0.800. The lowest BCUT2D eigenvalue weighted by atomic mass is 10.1. The van der Waals surface area contributed by atoms with E-state index < -0.39 is 27.3 Å². The molecule has 17 heavy (non-hydrogen) atoms. The van der Waals surface area contributed by atoms with Crippen LogP contribution in [-0.4, -0.2) is 51.5 Å². The Kier molecular flexibility index (Phi) is 5.07. The van der Waals surface area contributed by atoms with E-state index in [0.717, 1.165) is 0 Å². The van der Waals surface area contributed by atoms with Crippen molar-refractivity contribution in [3.8, 4) is 0 Å². The molecule has 98 valence electrons. The van der Waals surface area contributed by atoms with Crippen LogP contribution in [0.2, 0.25) is 0 Å². The summed E-state index contributed by atoms with van der Waals surface area (Å²) in [4.78, 5) is 22.6. The third kappa shape index (κ3) is 4.82. The van der Waals surface area contributed by atoms with E-state index in [1.165, 1.54) is 0 Å². The zero-order chi connectivity index (χ0) is 12.9. The van der Waals surface area contributed by atoms with Crippen molar-refractivity contribution in [1.29, 1.82) is 0 Å². The molecular formula is C10H16O6S. The fourth-order valence-corrected chi connectivity index (χ4v) is 2.77. The minimum absolute atomic E-state index is 0.124. The molecule has 1 rings (SSSR count). The van der Waals surface area contributed by atoms with Crippen LogP contribution in [0.4, 0.5) is 0 Å². The minimum Gasteiger partial charge on any atom is -0.465 e. The Balaban J connectivity index is 2.48. The summed E-state index contributed by atoms with van der Waals surface area (Å²) in [6.07, 6.45) is 0.549. The maximum absolute atomic E-state index is 11.6. The molecule has 6 nitrogen and oxygen atoms in total. The molecule has 0 N–H and O–H groups in total. The molecule has 0 amide bonds. The van der Waals surface area contributed by atoms with Crippen molar-refractivity contribution in [2.45, 2.75) is 13.3 Å². The molecule has 0 spiro atoms. The molecule has 0 radical (unpaired) electrons. The predicted molar refractivity (Wildman–Crippen MR) is 59.2 cm³/mol. The van der Waals surface area contributed by atoms with E-state index in [0.29, 0.717) is 13.0 Å². The minimum atomic E-state index is -3.72. The van der Waals surface area contributed by atoms with Crippen LogP contribution in [0.25, 0.3) is 0 Å². The second-order valence-electron chi connectivity index (χ2n) is 3.86. The van der Waals surface area contributed by atoms with E-state index in [-0.39, 0.29) is 24.9 Å². The number of carbonyl (C=O) groups excluding carboxylic acids is 2. The van der Waals surface area contributed by atoms with Crippen molar-refractivity contribution in [3.63, 3.8) is 0 Å². The van der Waals surface area contributed by atoms with E-state index in [2.05, 4.69) is 4.74 Å². The predicted octanol–water partition coefficient (Wildman–Crippen LogP) is -0.430. The quantitative estimate of drug-likeness (QED) is 0.605. The van der Waals surface area contributed by atoms with Gasteiger partial charge in [0.05, 0.1) is 13.2 Å². The molecule has 0 aromatic heterocycles. The van der Waals surface area contributed by atoms with Gasteiger partial charge in [-0.3, -0.25) is 9.59 Å². The van der Waals surface area contributed by atoms with Crippen LogP contribution >= 0.6 is 0 Å². The van der Waals surface area contributed by atoms with E-state index in [1.807, 2.05) is 0 Å². The summed E-state index contributed by atoms with van der Waals surface area (Å²) in [5.41, 5.74) is 0. The van der Waals surface area contributed by atoms with Gasteiger partial charge >= 0.3 is 5.97 Å². The second-order valence-corrected chi connectivity index (χ2v) is 5.93. The highest BCUT2D eigenvalue weighted by molar-refractivity contribution is 7.92. The number of hydrogen-bond donors (Lipinski definition) is 0. The van der Waals surface area contributed by atoms with Crippen molar-refractivity contribution in [2.75, 3.05) is 31.3 Å². The summed E-state index contributed by atoms with van der Waals surface area (Å²) < 4.78 is 32.6. The standard InChI is InChI=1S/C10H16O6S/c1-2-16-10(12)7-17(13,14)6-9(11)8-3-4-15-5-8/h8H,2-7H2,1H3. The highest BCUT2D eigenvalue weighted by atomic mass is 32.2. The van der Waals surface area contributed by atoms with Gasteiger partial charge in [0.2, 0.25) is 0 Å². The largest absolute Gasteiger partial charge is 0.465 e. The van der Waals surface area contributed by atoms with Gasteiger partial charge in [-0.25, -0.2) is 8.42 Å². The van der Waals surface area contributed by atoms with Crippen molar-refractivity contribution in [3.05, 3.63) is 0 Å². The number of esters is 1. The normalized spacial score (nSPS) is 20.2. The molecule has 0 saturated carbocycles. The molecule has 1 aliphatic rings. The molecular weight excluding hydrogens is 248 g/mol. The van der Waals surface area contributed by atoms with Crippen molar-refractivity contribution < 1.29 is 27.5 Å². The summed E-state index contributed by atoms with van der Waals surface area (Å²) in [7, 11) is -3.72. The monoisotopic (exact) mass is 264 g/mol. The number of ketones is 1. The Morgan fingerprint density at radius 3 is 2.59 bits per heavy atom. The molecule has 1 fully saturated rings. The molecule has 1 atom stereocenters. The lowest BCUT2D eigenvalue weighted by molar-refractivity contribution is -0.139. The summed E-state index contributed by atoms with van der Waals surface area (Å²) in [5, 5.41) is 0. The summed E-state index contributed by atoms with van der Waals surface area (Å²) in [6.45, 7) is 2.46. The molecule has 7 heteroatoms. The first kappa shape index (κ1) is 14.1. The number of sulfone groups is 1. The topological polar surface area (TPSA) is 86.7 Å². The number of hydrogen-bond acceptors (Lipinski definition) is 6. The van der Waals surface area contributed by atoms with Gasteiger partial charge in [0.1, 0.15) is 11.5 Å². The Morgan fingerprint density at radius 1 is 1.35 bits per heavy atom. The number of ether oxygens (including phenoxy) is 2. The van der Waals surface area contributed by atoms with Crippen LogP contribution in [0.15, 0.2) is 0 Å². The zero-order valence-corrected chi connectivity index (χ0v) is 10.5. The molecule has 0 aromatic rings. The average Bonchev–Trinajstić information content (AvgIpc) is 2.68. The van der Waals surface area contributed by atoms with E-state index in [1.54, 1.807) is 6.92 Å². The molecule has 0 aromatic carbocycles. The smallest absolute Gasteiger partial charge is 0.321 e. The van der Waals surface area contributed by atoms with Gasteiger partial charge in [0.25, 0.3) is 0 Å². The van der Waals surface area contributed by atoms with Crippen LogP contribution in [-0.2, 0) is 28.9 Å². The summed E-state index contributed by atoms with van der Waals surface area (Å²) in [6, 6.07) is 0. The maximum Gasteiger partial charge on any atom is 0.321 e. The first-order valence-electron chi connectivity index (χ1n) is 5.41. The molecule has 1 unspecified atom stereocenters. The van der Waals surface area contributed by atoms with Gasteiger partial charge in [0, 0.05) is 12.5 Å². The average molecular weight is 264 g/mol. The van der Waals surface area contributed by atoms with Crippen LogP contribution in [0.1, 0.15) is 13.3 Å².